The first-order valence-corrected chi connectivity index (χ1v) is 23.5. The Morgan fingerprint density at radius 2 is 0.754 bits per heavy atom. The molecule has 0 saturated carbocycles. The van der Waals surface area contributed by atoms with Gasteiger partial charge in [-0.1, -0.05) is 194 Å². The number of hydrogen-bond acceptors (Lipinski definition) is 3. The maximum Gasteiger partial charge on any atom is 0.143 e. The van der Waals surface area contributed by atoms with Crippen LogP contribution in [0.2, 0.25) is 0 Å². The Labute approximate surface area is 398 Å². The zero-order valence-corrected chi connectivity index (χ0v) is 37.4. The normalized spacial score (nSPS) is 11.8. The molecule has 0 fully saturated rings. The Bertz CT molecular complexity index is 4320. The molecule has 14 aromatic rings. The van der Waals surface area contributed by atoms with Gasteiger partial charge < -0.3 is 4.42 Å². The molecular formula is C66H40N2O. The van der Waals surface area contributed by atoms with Crippen LogP contribution in [-0.2, 0) is 0 Å². The summed E-state index contributed by atoms with van der Waals surface area (Å²) in [6.45, 7) is 0. The minimum Gasteiger partial charge on any atom is -0.455 e. The van der Waals surface area contributed by atoms with Gasteiger partial charge in [-0.2, -0.15) is 0 Å². The van der Waals surface area contributed by atoms with Crippen molar-refractivity contribution in [1.29, 1.82) is 0 Å². The largest absolute Gasteiger partial charge is 0.455 e. The highest BCUT2D eigenvalue weighted by Gasteiger charge is 2.18. The first-order valence-electron chi connectivity index (χ1n) is 23.5. The second-order valence-corrected chi connectivity index (χ2v) is 18.1. The molecule has 320 valence electrons. The van der Waals surface area contributed by atoms with Crippen molar-refractivity contribution in [3.05, 3.63) is 243 Å². The lowest BCUT2D eigenvalue weighted by Gasteiger charge is -2.11. The molecule has 0 atom stereocenters. The van der Waals surface area contributed by atoms with Crippen molar-refractivity contribution in [1.82, 2.24) is 9.97 Å². The van der Waals surface area contributed by atoms with Crippen molar-refractivity contribution in [3.8, 4) is 66.9 Å². The standard InChI is InChI=1S/C66H40N2O/c1-3-12-47-35-51(30-24-41(47)10-1)53-32-33-63-60(37-53)61-39-54(52-31-25-42-11-2-4-13-48(42)36-52)38-59(66(61)69-63)45-26-20-43(21-27-45)49-14-9-15-50(34-49)44-22-28-46(29-23-44)62-40-67-64-57-18-7-5-16-55(57)56-17-6-8-19-58(56)65(64)68-62/h1-40H. The van der Waals surface area contributed by atoms with Crippen LogP contribution in [0.3, 0.4) is 0 Å². The van der Waals surface area contributed by atoms with Gasteiger partial charge in [0, 0.05) is 32.7 Å². The minimum atomic E-state index is 0.858. The van der Waals surface area contributed by atoms with E-state index in [0.717, 1.165) is 99.5 Å². The quantitative estimate of drug-likeness (QED) is 0.156. The molecule has 0 aliphatic heterocycles. The van der Waals surface area contributed by atoms with Crippen LogP contribution in [0, 0.1) is 0 Å². The van der Waals surface area contributed by atoms with Crippen molar-refractivity contribution in [2.24, 2.45) is 0 Å². The van der Waals surface area contributed by atoms with Gasteiger partial charge in [0.2, 0.25) is 0 Å². The highest BCUT2D eigenvalue weighted by molar-refractivity contribution is 6.23. The highest BCUT2D eigenvalue weighted by Crippen LogP contribution is 2.42. The summed E-state index contributed by atoms with van der Waals surface area (Å²) in [6, 6.07) is 85.2. The summed E-state index contributed by atoms with van der Waals surface area (Å²) >= 11 is 0. The van der Waals surface area contributed by atoms with Gasteiger partial charge in [0.25, 0.3) is 0 Å². The van der Waals surface area contributed by atoms with Crippen molar-refractivity contribution in [2.75, 3.05) is 0 Å². The monoisotopic (exact) mass is 876 g/mol. The van der Waals surface area contributed by atoms with Gasteiger partial charge in [0.05, 0.1) is 22.9 Å². The van der Waals surface area contributed by atoms with E-state index < -0.39 is 0 Å². The smallest absolute Gasteiger partial charge is 0.143 e. The summed E-state index contributed by atoms with van der Waals surface area (Å²) in [7, 11) is 0. The first-order chi connectivity index (χ1) is 34.1. The molecule has 2 heterocycles. The van der Waals surface area contributed by atoms with Gasteiger partial charge in [-0.05, 0) is 125 Å². The Balaban J connectivity index is 0.812. The SMILES string of the molecule is c1cc(-c2ccc(-c3cnc4c5ccccc5c5ccccc5c4n3)cc2)cc(-c2ccc(-c3cc(-c4ccc5ccccc5c4)cc4c3oc3ccc(-c5ccc6ccccc6c5)cc34)cc2)c1. The molecule has 14 rings (SSSR count). The molecule has 0 bridgehead atoms. The average molecular weight is 877 g/mol. The molecule has 0 N–H and O–H groups in total. The van der Waals surface area contributed by atoms with E-state index in [1.165, 1.54) is 43.4 Å². The van der Waals surface area contributed by atoms with Crippen molar-refractivity contribution >= 4 is 76.1 Å². The zero-order valence-electron chi connectivity index (χ0n) is 37.4. The summed E-state index contributed by atoms with van der Waals surface area (Å²) < 4.78 is 6.82. The fourth-order valence-electron chi connectivity index (χ4n) is 10.5. The van der Waals surface area contributed by atoms with E-state index in [-0.39, 0.29) is 0 Å². The van der Waals surface area contributed by atoms with Gasteiger partial charge in [0.15, 0.2) is 0 Å². The lowest BCUT2D eigenvalue weighted by molar-refractivity contribution is 0.670. The van der Waals surface area contributed by atoms with Crippen molar-refractivity contribution in [3.63, 3.8) is 0 Å². The van der Waals surface area contributed by atoms with Gasteiger partial charge in [-0.3, -0.25) is 4.98 Å². The third-order valence-corrected chi connectivity index (χ3v) is 14.1. The fraction of sp³-hybridized carbons (Fsp3) is 0. The molecule has 12 aromatic carbocycles. The van der Waals surface area contributed by atoms with Crippen LogP contribution in [0.4, 0.5) is 0 Å². The Morgan fingerprint density at radius 3 is 1.41 bits per heavy atom. The van der Waals surface area contributed by atoms with Crippen LogP contribution >= 0.6 is 0 Å². The summed E-state index contributed by atoms with van der Waals surface area (Å²) in [5.74, 6) is 0. The predicted octanol–water partition coefficient (Wildman–Crippen LogP) is 18.1. The van der Waals surface area contributed by atoms with Gasteiger partial charge in [-0.25, -0.2) is 4.98 Å². The van der Waals surface area contributed by atoms with E-state index >= 15 is 0 Å². The molecule has 3 nitrogen and oxygen atoms in total. The van der Waals surface area contributed by atoms with Crippen LogP contribution in [0.15, 0.2) is 247 Å². The number of nitrogens with zero attached hydrogens (tertiary/aromatic N) is 2. The Morgan fingerprint density at radius 1 is 0.275 bits per heavy atom. The molecule has 0 aliphatic carbocycles. The van der Waals surface area contributed by atoms with Crippen LogP contribution < -0.4 is 0 Å². The molecular weight excluding hydrogens is 837 g/mol. The van der Waals surface area contributed by atoms with Gasteiger partial charge >= 0.3 is 0 Å². The van der Waals surface area contributed by atoms with Crippen LogP contribution in [0.1, 0.15) is 0 Å². The maximum absolute atomic E-state index is 6.82. The number of hydrogen-bond donors (Lipinski definition) is 0. The average Bonchev–Trinajstić information content (AvgIpc) is 3.80. The third kappa shape index (κ3) is 6.66. The highest BCUT2D eigenvalue weighted by atomic mass is 16.3. The molecule has 3 heteroatoms. The zero-order chi connectivity index (χ0) is 45.4. The number of benzene rings is 12. The van der Waals surface area contributed by atoms with Gasteiger partial charge in [-0.15, -0.1) is 0 Å². The van der Waals surface area contributed by atoms with Gasteiger partial charge in [0.1, 0.15) is 11.2 Å². The van der Waals surface area contributed by atoms with Crippen molar-refractivity contribution in [2.45, 2.75) is 0 Å². The molecule has 0 amide bonds. The summed E-state index contributed by atoms with van der Waals surface area (Å²) in [4.78, 5) is 10.2. The molecule has 0 aliphatic rings. The van der Waals surface area contributed by atoms with E-state index in [2.05, 4.69) is 237 Å². The lowest BCUT2D eigenvalue weighted by atomic mass is 9.93. The van der Waals surface area contributed by atoms with E-state index in [9.17, 15) is 0 Å². The van der Waals surface area contributed by atoms with Crippen molar-refractivity contribution < 1.29 is 4.42 Å². The topological polar surface area (TPSA) is 38.9 Å². The lowest BCUT2D eigenvalue weighted by Crippen LogP contribution is -1.92. The second kappa shape index (κ2) is 15.7. The maximum atomic E-state index is 6.82. The number of aromatic nitrogens is 2. The van der Waals surface area contributed by atoms with E-state index in [0.29, 0.717) is 0 Å². The Hall–Kier alpha value is -9.18. The van der Waals surface area contributed by atoms with Crippen LogP contribution in [0.25, 0.3) is 143 Å². The molecule has 69 heavy (non-hydrogen) atoms. The summed E-state index contributed by atoms with van der Waals surface area (Å²) in [5.41, 5.74) is 17.0. The number of fused-ring (bicyclic) bond motifs is 11. The number of furan rings is 1. The summed E-state index contributed by atoms with van der Waals surface area (Å²) in [6.07, 6.45) is 1.91. The molecule has 0 spiro atoms. The Kier molecular flexibility index (Phi) is 8.90. The van der Waals surface area contributed by atoms with E-state index in [1.807, 2.05) is 6.20 Å². The van der Waals surface area contributed by atoms with E-state index in [1.54, 1.807) is 0 Å². The minimum absolute atomic E-state index is 0.858. The number of rotatable bonds is 6. The third-order valence-electron chi connectivity index (χ3n) is 14.1. The molecule has 2 aromatic heterocycles. The first kappa shape index (κ1) is 39.0. The summed E-state index contributed by atoms with van der Waals surface area (Å²) in [5, 5.41) is 11.8. The molecule has 0 saturated heterocycles. The van der Waals surface area contributed by atoms with E-state index in [4.69, 9.17) is 14.4 Å². The van der Waals surface area contributed by atoms with Crippen LogP contribution in [-0.4, -0.2) is 9.97 Å². The predicted molar refractivity (Wildman–Crippen MR) is 289 cm³/mol. The molecule has 0 unspecified atom stereocenters. The fourth-order valence-corrected chi connectivity index (χ4v) is 10.5. The molecule has 0 radical (unpaired) electrons. The van der Waals surface area contributed by atoms with Crippen LogP contribution in [0.5, 0.6) is 0 Å². The second-order valence-electron chi connectivity index (χ2n) is 18.1.